The SMILES string of the molecule is [C-]#[N+]c1ccc(NC(=O)[C@@](C)(O)COc2ccc(C#N)cc2)cc1Cl. The highest BCUT2D eigenvalue weighted by atomic mass is 35.5. The molecule has 25 heavy (non-hydrogen) atoms. The van der Waals surface area contributed by atoms with Gasteiger partial charge in [-0.3, -0.25) is 4.79 Å². The van der Waals surface area contributed by atoms with E-state index in [2.05, 4.69) is 10.2 Å². The lowest BCUT2D eigenvalue weighted by Crippen LogP contribution is -2.45. The maximum Gasteiger partial charge on any atom is 0.259 e. The molecular formula is C18H14ClN3O3. The highest BCUT2D eigenvalue weighted by Gasteiger charge is 2.31. The molecule has 0 fully saturated rings. The van der Waals surface area contributed by atoms with E-state index in [9.17, 15) is 9.90 Å². The van der Waals surface area contributed by atoms with Crippen LogP contribution >= 0.6 is 11.6 Å². The van der Waals surface area contributed by atoms with Crippen molar-refractivity contribution >= 4 is 28.9 Å². The molecular weight excluding hydrogens is 342 g/mol. The van der Waals surface area contributed by atoms with Crippen LogP contribution in [0.2, 0.25) is 5.02 Å². The first-order valence-electron chi connectivity index (χ1n) is 7.19. The van der Waals surface area contributed by atoms with E-state index < -0.39 is 11.5 Å². The number of carbonyl (C=O) groups is 1. The first kappa shape index (κ1) is 18.3. The maximum atomic E-state index is 12.2. The second-order valence-electron chi connectivity index (χ2n) is 5.43. The number of carbonyl (C=O) groups excluding carboxylic acids is 1. The maximum absolute atomic E-state index is 12.2. The number of ether oxygens (including phenoxy) is 1. The molecule has 0 aromatic heterocycles. The summed E-state index contributed by atoms with van der Waals surface area (Å²) in [5.74, 6) is -0.246. The minimum Gasteiger partial charge on any atom is -0.490 e. The Morgan fingerprint density at radius 3 is 2.64 bits per heavy atom. The third-order valence-corrected chi connectivity index (χ3v) is 3.62. The average Bonchev–Trinajstić information content (AvgIpc) is 2.60. The van der Waals surface area contributed by atoms with Crippen LogP contribution in [0.1, 0.15) is 12.5 Å². The number of halogens is 1. The molecule has 2 N–H and O–H groups in total. The number of nitrogens with one attached hydrogen (secondary N) is 1. The molecule has 0 aliphatic rings. The molecule has 6 nitrogen and oxygen atoms in total. The van der Waals surface area contributed by atoms with Gasteiger partial charge in [0.1, 0.15) is 12.4 Å². The van der Waals surface area contributed by atoms with Crippen molar-refractivity contribution in [2.24, 2.45) is 0 Å². The molecule has 0 radical (unpaired) electrons. The zero-order valence-corrected chi connectivity index (χ0v) is 14.0. The van der Waals surface area contributed by atoms with Gasteiger partial charge in [0.15, 0.2) is 5.60 Å². The van der Waals surface area contributed by atoms with Crippen LogP contribution in [0, 0.1) is 17.9 Å². The van der Waals surface area contributed by atoms with E-state index in [4.69, 9.17) is 28.2 Å². The molecule has 2 aromatic rings. The zero-order valence-electron chi connectivity index (χ0n) is 13.3. The summed E-state index contributed by atoms with van der Waals surface area (Å²) in [7, 11) is 0. The fourth-order valence-electron chi connectivity index (χ4n) is 1.86. The third kappa shape index (κ3) is 4.71. The van der Waals surface area contributed by atoms with E-state index in [0.717, 1.165) is 0 Å². The van der Waals surface area contributed by atoms with Crippen molar-refractivity contribution in [1.82, 2.24) is 0 Å². The van der Waals surface area contributed by atoms with Crippen molar-refractivity contribution in [2.75, 3.05) is 11.9 Å². The number of aliphatic hydroxyl groups is 1. The van der Waals surface area contributed by atoms with E-state index in [0.29, 0.717) is 17.0 Å². The van der Waals surface area contributed by atoms with Crippen LogP contribution < -0.4 is 10.1 Å². The molecule has 126 valence electrons. The van der Waals surface area contributed by atoms with Crippen molar-refractivity contribution in [3.63, 3.8) is 0 Å². The van der Waals surface area contributed by atoms with Gasteiger partial charge >= 0.3 is 0 Å². The van der Waals surface area contributed by atoms with Gasteiger partial charge in [-0.25, -0.2) is 4.85 Å². The Morgan fingerprint density at radius 1 is 1.40 bits per heavy atom. The molecule has 0 spiro atoms. The standard InChI is InChI=1S/C18H14ClN3O3/c1-18(24,11-25-14-6-3-12(10-20)4-7-14)17(23)22-13-5-8-16(21-2)15(19)9-13/h3-9,24H,11H2,1H3,(H,22,23)/t18-/m0/s1. The molecule has 0 bridgehead atoms. The summed E-state index contributed by atoms with van der Waals surface area (Å²) >= 11 is 5.92. The van der Waals surface area contributed by atoms with E-state index in [1.54, 1.807) is 24.3 Å². The average molecular weight is 356 g/mol. The van der Waals surface area contributed by atoms with E-state index in [1.165, 1.54) is 25.1 Å². The molecule has 0 saturated heterocycles. The number of hydrogen-bond acceptors (Lipinski definition) is 4. The first-order chi connectivity index (χ1) is 11.9. The van der Waals surface area contributed by atoms with E-state index in [1.807, 2.05) is 6.07 Å². The highest BCUT2D eigenvalue weighted by Crippen LogP contribution is 2.28. The summed E-state index contributed by atoms with van der Waals surface area (Å²) in [5.41, 5.74) is -0.674. The fraction of sp³-hybridized carbons (Fsp3) is 0.167. The minimum atomic E-state index is -1.79. The van der Waals surface area contributed by atoms with Crippen molar-refractivity contribution in [3.8, 4) is 11.8 Å². The van der Waals surface area contributed by atoms with Crippen LogP contribution in [-0.2, 0) is 4.79 Å². The minimum absolute atomic E-state index is 0.210. The van der Waals surface area contributed by atoms with Crippen LogP contribution in [0.3, 0.4) is 0 Å². The Kier molecular flexibility index (Phi) is 5.61. The van der Waals surface area contributed by atoms with Gasteiger partial charge in [-0.1, -0.05) is 17.7 Å². The molecule has 7 heteroatoms. The van der Waals surface area contributed by atoms with Crippen molar-refractivity contribution in [3.05, 3.63) is 64.5 Å². The van der Waals surface area contributed by atoms with Crippen LogP contribution in [0.25, 0.3) is 4.85 Å². The summed E-state index contributed by atoms with van der Waals surface area (Å²) < 4.78 is 5.40. The molecule has 2 aromatic carbocycles. The summed E-state index contributed by atoms with van der Waals surface area (Å²) in [6, 6.07) is 12.7. The predicted molar refractivity (Wildman–Crippen MR) is 93.6 cm³/mol. The normalized spacial score (nSPS) is 12.4. The Labute approximate surface area is 150 Å². The van der Waals surface area contributed by atoms with Gasteiger partial charge < -0.3 is 15.2 Å². The van der Waals surface area contributed by atoms with E-state index in [-0.39, 0.29) is 17.3 Å². The summed E-state index contributed by atoms with van der Waals surface area (Å²) in [5, 5.41) is 21.8. The van der Waals surface area contributed by atoms with Gasteiger partial charge in [0.05, 0.1) is 18.2 Å². The van der Waals surface area contributed by atoms with Gasteiger partial charge in [-0.15, -0.1) is 0 Å². The third-order valence-electron chi connectivity index (χ3n) is 3.32. The van der Waals surface area contributed by atoms with Crippen molar-refractivity contribution in [2.45, 2.75) is 12.5 Å². The number of rotatable bonds is 5. The highest BCUT2D eigenvalue weighted by molar-refractivity contribution is 6.33. The molecule has 2 rings (SSSR count). The Morgan fingerprint density at radius 2 is 2.08 bits per heavy atom. The second kappa shape index (κ2) is 7.67. The summed E-state index contributed by atoms with van der Waals surface area (Å²) in [6.45, 7) is 7.98. The number of hydrogen-bond donors (Lipinski definition) is 2. The number of benzene rings is 2. The monoisotopic (exact) mass is 355 g/mol. The largest absolute Gasteiger partial charge is 0.490 e. The number of amides is 1. The van der Waals surface area contributed by atoms with Crippen LogP contribution in [0.5, 0.6) is 5.75 Å². The fourth-order valence-corrected chi connectivity index (χ4v) is 2.08. The van der Waals surface area contributed by atoms with Gasteiger partial charge in [0, 0.05) is 10.7 Å². The molecule has 0 saturated carbocycles. The van der Waals surface area contributed by atoms with Crippen LogP contribution in [-0.4, -0.2) is 23.2 Å². The summed E-state index contributed by atoms with van der Waals surface area (Å²) in [4.78, 5) is 15.5. The lowest BCUT2D eigenvalue weighted by molar-refractivity contribution is -0.135. The Balaban J connectivity index is 2.00. The van der Waals surface area contributed by atoms with Gasteiger partial charge in [-0.05, 0) is 43.3 Å². The Bertz CT molecular complexity index is 865. The first-order valence-corrected chi connectivity index (χ1v) is 7.57. The zero-order chi connectivity index (χ0) is 18.4. The molecule has 1 atom stereocenters. The number of nitriles is 1. The molecule has 0 aliphatic carbocycles. The van der Waals surface area contributed by atoms with Gasteiger partial charge in [-0.2, -0.15) is 5.26 Å². The molecule has 0 unspecified atom stereocenters. The second-order valence-corrected chi connectivity index (χ2v) is 5.84. The number of anilines is 1. The lowest BCUT2D eigenvalue weighted by Gasteiger charge is -2.22. The topological polar surface area (TPSA) is 86.7 Å². The van der Waals surface area contributed by atoms with Crippen molar-refractivity contribution < 1.29 is 14.6 Å². The molecule has 0 aliphatic heterocycles. The quantitative estimate of drug-likeness (QED) is 0.803. The van der Waals surface area contributed by atoms with Crippen LogP contribution in [0.4, 0.5) is 11.4 Å². The lowest BCUT2D eigenvalue weighted by atomic mass is 10.1. The predicted octanol–water partition coefficient (Wildman–Crippen LogP) is 3.53. The van der Waals surface area contributed by atoms with Crippen LogP contribution in [0.15, 0.2) is 42.5 Å². The molecule has 0 heterocycles. The van der Waals surface area contributed by atoms with Gasteiger partial charge in [0.2, 0.25) is 5.69 Å². The Hall–Kier alpha value is -3.06. The van der Waals surface area contributed by atoms with E-state index >= 15 is 0 Å². The van der Waals surface area contributed by atoms with Crippen molar-refractivity contribution in [1.29, 1.82) is 5.26 Å². The number of nitrogens with zero attached hydrogens (tertiary/aromatic N) is 2. The smallest absolute Gasteiger partial charge is 0.259 e. The summed E-state index contributed by atoms with van der Waals surface area (Å²) in [6.07, 6.45) is 0. The molecule has 1 amide bonds. The van der Waals surface area contributed by atoms with Gasteiger partial charge in [0.25, 0.3) is 5.91 Å².